The van der Waals surface area contributed by atoms with Gasteiger partial charge in [-0.1, -0.05) is 0 Å². The minimum Gasteiger partial charge on any atom is -0.870 e. The minimum atomic E-state index is -4.89. The summed E-state index contributed by atoms with van der Waals surface area (Å²) in [7, 11) is -4.89. The van der Waals surface area contributed by atoms with E-state index in [1.807, 2.05) is 0 Å². The molecular formula is H3BaO5P. The molecule has 7 heteroatoms. The Morgan fingerprint density at radius 3 is 1.43 bits per heavy atom. The van der Waals surface area contributed by atoms with Gasteiger partial charge in [0.15, 0.2) is 0 Å². The van der Waals surface area contributed by atoms with Crippen LogP contribution in [0.4, 0.5) is 0 Å². The van der Waals surface area contributed by atoms with Gasteiger partial charge in [0.1, 0.15) is 0 Å². The van der Waals surface area contributed by atoms with Crippen LogP contribution in [0.1, 0.15) is 0 Å². The molecule has 0 unspecified atom stereocenters. The maximum absolute atomic E-state index is 8.77. The predicted molar refractivity (Wildman–Crippen MR) is 19.7 cm³/mol. The van der Waals surface area contributed by atoms with Crippen LogP contribution < -0.4 is 4.89 Å². The van der Waals surface area contributed by atoms with Gasteiger partial charge < -0.3 is 20.2 Å². The summed E-state index contributed by atoms with van der Waals surface area (Å²) in [5.41, 5.74) is 0. The first-order valence-electron chi connectivity index (χ1n) is 0.765. The van der Waals surface area contributed by atoms with Gasteiger partial charge in [0.2, 0.25) is 0 Å². The molecule has 0 aliphatic rings. The molecule has 0 amide bonds. The van der Waals surface area contributed by atoms with E-state index in [1.54, 1.807) is 0 Å². The Kier molecular flexibility index (Phi) is 13.1. The molecule has 0 rings (SSSR count). The molecule has 0 bridgehead atoms. The Labute approximate surface area is 80.4 Å². The molecule has 0 aliphatic carbocycles. The molecule has 0 heterocycles. The van der Waals surface area contributed by atoms with Crippen molar-refractivity contribution < 1.29 is 24.7 Å². The molecule has 0 aromatic carbocycles. The van der Waals surface area contributed by atoms with E-state index in [4.69, 9.17) is 19.2 Å². The Morgan fingerprint density at radius 1 is 1.43 bits per heavy atom. The largest absolute Gasteiger partial charge is 2.00 e. The van der Waals surface area contributed by atoms with Crippen LogP contribution in [0.3, 0.4) is 0 Å². The molecule has 7 heavy (non-hydrogen) atoms. The van der Waals surface area contributed by atoms with Crippen molar-refractivity contribution in [3.05, 3.63) is 0 Å². The Balaban J connectivity index is -0.0000000800. The fraction of sp³-hybridized carbons (Fsp3) is 0. The summed E-state index contributed by atoms with van der Waals surface area (Å²) >= 11 is 0. The van der Waals surface area contributed by atoms with Gasteiger partial charge in [-0.3, -0.25) is 4.57 Å². The van der Waals surface area contributed by atoms with E-state index < -0.39 is 7.82 Å². The van der Waals surface area contributed by atoms with Crippen LogP contribution in [-0.4, -0.2) is 64.1 Å². The van der Waals surface area contributed by atoms with Gasteiger partial charge in [0.05, 0.1) is 0 Å². The minimum absolute atomic E-state index is 0. The fourth-order valence-corrected chi connectivity index (χ4v) is 0. The maximum atomic E-state index is 8.77. The number of phosphoric acid groups is 1. The van der Waals surface area contributed by atoms with Gasteiger partial charge in [0.25, 0.3) is 7.82 Å². The second-order valence-corrected chi connectivity index (χ2v) is 1.47. The number of hydrogen-bond acceptors (Lipinski definition) is 3. The van der Waals surface area contributed by atoms with Crippen molar-refractivity contribution in [1.29, 1.82) is 0 Å². The van der Waals surface area contributed by atoms with E-state index in [2.05, 4.69) is 0 Å². The van der Waals surface area contributed by atoms with Gasteiger partial charge in [-0.05, 0) is 0 Å². The van der Waals surface area contributed by atoms with E-state index in [1.165, 1.54) is 0 Å². The van der Waals surface area contributed by atoms with Gasteiger partial charge >= 0.3 is 48.9 Å². The Hall–Kier alpha value is 1.64. The standard InChI is InChI=1S/Ba.H3O4P.H2O/c;1-5(2,3)4;/h;(H3,1,2,3,4);1H2/q+2;;/p-2. The van der Waals surface area contributed by atoms with Crippen LogP contribution >= 0.6 is 7.82 Å². The average molecular weight is 251 g/mol. The Bertz CT molecular complexity index is 54.2. The second-order valence-electron chi connectivity index (χ2n) is 0.491. The number of hydrogen-bond donors (Lipinski definition) is 2. The molecular weight excluding hydrogens is 248 g/mol. The van der Waals surface area contributed by atoms with E-state index in [0.29, 0.717) is 0 Å². The van der Waals surface area contributed by atoms with Crippen LogP contribution in [0.25, 0.3) is 0 Å². The first-order chi connectivity index (χ1) is 2.00. The normalized spacial score (nSPS) is 8.43. The fourth-order valence-electron chi connectivity index (χ4n) is 0. The third-order valence-electron chi connectivity index (χ3n) is 0. The summed E-state index contributed by atoms with van der Waals surface area (Å²) in [6, 6.07) is 0. The van der Waals surface area contributed by atoms with Crippen LogP contribution in [0.2, 0.25) is 0 Å². The molecule has 0 saturated carbocycles. The van der Waals surface area contributed by atoms with Crippen molar-refractivity contribution in [2.45, 2.75) is 0 Å². The molecule has 0 radical (unpaired) electrons. The van der Waals surface area contributed by atoms with Crippen LogP contribution in [0.5, 0.6) is 0 Å². The SMILES string of the molecule is O=P([O-])(O)O.[Ba+2].[OH-]. The van der Waals surface area contributed by atoms with E-state index >= 15 is 0 Å². The van der Waals surface area contributed by atoms with Crippen LogP contribution in [-0.2, 0) is 4.57 Å². The predicted octanol–water partition coefficient (Wildman–Crippen LogP) is -2.12. The summed E-state index contributed by atoms with van der Waals surface area (Å²) in [6.07, 6.45) is 0. The van der Waals surface area contributed by atoms with E-state index in [0.717, 1.165) is 0 Å². The zero-order valence-corrected chi connectivity index (χ0v) is 8.65. The summed E-state index contributed by atoms with van der Waals surface area (Å²) in [4.78, 5) is 22.9. The topological polar surface area (TPSA) is 111 Å². The third kappa shape index (κ3) is 90.3. The molecule has 0 fully saturated rings. The summed E-state index contributed by atoms with van der Waals surface area (Å²) in [6.45, 7) is 0. The smallest absolute Gasteiger partial charge is 0.870 e. The first-order valence-corrected chi connectivity index (χ1v) is 2.30. The monoisotopic (exact) mass is 252 g/mol. The molecule has 0 saturated heterocycles. The molecule has 0 atom stereocenters. The molecule has 0 spiro atoms. The zero-order chi connectivity index (χ0) is 4.50. The molecule has 3 N–H and O–H groups in total. The second kappa shape index (κ2) is 5.77. The van der Waals surface area contributed by atoms with Gasteiger partial charge in [0, 0.05) is 0 Å². The Morgan fingerprint density at radius 2 is 1.43 bits per heavy atom. The maximum Gasteiger partial charge on any atom is 2.00 e. The third-order valence-corrected chi connectivity index (χ3v) is 0. The average Bonchev–Trinajstić information content (AvgIpc) is 0.722. The quantitative estimate of drug-likeness (QED) is 0.378. The van der Waals surface area contributed by atoms with Crippen molar-refractivity contribution in [2.24, 2.45) is 0 Å². The summed E-state index contributed by atoms with van der Waals surface area (Å²) in [5, 5.41) is 0. The molecule has 5 nitrogen and oxygen atoms in total. The van der Waals surface area contributed by atoms with Gasteiger partial charge in [-0.2, -0.15) is 0 Å². The van der Waals surface area contributed by atoms with E-state index in [9.17, 15) is 0 Å². The number of rotatable bonds is 0. The zero-order valence-electron chi connectivity index (χ0n) is 3.31. The summed E-state index contributed by atoms with van der Waals surface area (Å²) < 4.78 is 8.77. The summed E-state index contributed by atoms with van der Waals surface area (Å²) in [5.74, 6) is 0. The molecule has 0 aromatic heterocycles. The van der Waals surface area contributed by atoms with Gasteiger partial charge in [-0.25, -0.2) is 0 Å². The van der Waals surface area contributed by atoms with Crippen LogP contribution in [0.15, 0.2) is 0 Å². The van der Waals surface area contributed by atoms with Crippen molar-refractivity contribution in [3.63, 3.8) is 0 Å². The van der Waals surface area contributed by atoms with Crippen molar-refractivity contribution in [2.75, 3.05) is 0 Å². The van der Waals surface area contributed by atoms with Crippen molar-refractivity contribution in [1.82, 2.24) is 0 Å². The molecule has 0 aromatic rings. The first kappa shape index (κ1) is 15.9. The molecule has 40 valence electrons. The molecule has 0 aliphatic heterocycles. The van der Waals surface area contributed by atoms with Crippen molar-refractivity contribution >= 4 is 56.7 Å². The van der Waals surface area contributed by atoms with Crippen LogP contribution in [0, 0.1) is 0 Å². The van der Waals surface area contributed by atoms with Crippen molar-refractivity contribution in [3.8, 4) is 0 Å². The van der Waals surface area contributed by atoms with E-state index in [-0.39, 0.29) is 54.4 Å². The van der Waals surface area contributed by atoms with Gasteiger partial charge in [-0.15, -0.1) is 0 Å².